The lowest BCUT2D eigenvalue weighted by Crippen LogP contribution is -2.26. The van der Waals surface area contributed by atoms with Gasteiger partial charge in [-0.1, -0.05) is 85.4 Å². The van der Waals surface area contributed by atoms with Crippen molar-refractivity contribution >= 4 is 29.8 Å². The van der Waals surface area contributed by atoms with E-state index in [1.54, 1.807) is 18.4 Å². The first-order valence-electron chi connectivity index (χ1n) is 10.0. The van der Waals surface area contributed by atoms with E-state index in [1.807, 2.05) is 67.6 Å². The standard InChI is InChI=1S/C27H23O3P/c1-20(2)26(24-17-11-19-29-24)30-27(28)23-16-9-10-18-25(23)31(21-12-5-3-6-13-21)22-14-7-4-8-15-22/h3-19,26H,1H2,2H3/t26-/m0/s1. The summed E-state index contributed by atoms with van der Waals surface area (Å²) in [6, 6.07) is 31.8. The maximum atomic E-state index is 13.3. The first kappa shape index (κ1) is 20.8. The summed E-state index contributed by atoms with van der Waals surface area (Å²) in [5, 5.41) is 3.30. The number of furan rings is 1. The molecule has 154 valence electrons. The number of benzene rings is 3. The Morgan fingerprint density at radius 3 is 1.97 bits per heavy atom. The molecular formula is C27H23O3P. The lowest BCUT2D eigenvalue weighted by atomic mass is 10.1. The van der Waals surface area contributed by atoms with E-state index in [0.29, 0.717) is 16.9 Å². The van der Waals surface area contributed by atoms with Gasteiger partial charge in [0, 0.05) is 0 Å². The van der Waals surface area contributed by atoms with E-state index in [0.717, 1.165) is 5.30 Å². The number of carbonyl (C=O) groups is 1. The van der Waals surface area contributed by atoms with E-state index in [2.05, 4.69) is 30.8 Å². The minimum Gasteiger partial charge on any atom is -0.465 e. The first-order valence-corrected chi connectivity index (χ1v) is 11.4. The van der Waals surface area contributed by atoms with Gasteiger partial charge in [-0.2, -0.15) is 0 Å². The first-order chi connectivity index (χ1) is 15.1. The Labute approximate surface area is 183 Å². The average molecular weight is 426 g/mol. The third-order valence-electron chi connectivity index (χ3n) is 4.87. The summed E-state index contributed by atoms with van der Waals surface area (Å²) in [6.45, 7) is 5.80. The SMILES string of the molecule is C=C(C)[C@H](OC(=O)c1ccccc1P(c1ccccc1)c1ccccc1)c1ccco1. The second kappa shape index (κ2) is 9.59. The van der Waals surface area contributed by atoms with Crippen molar-refractivity contribution in [1.82, 2.24) is 0 Å². The summed E-state index contributed by atoms with van der Waals surface area (Å²) >= 11 is 0. The molecule has 0 aliphatic heterocycles. The van der Waals surface area contributed by atoms with Crippen LogP contribution in [0.15, 0.2) is 120 Å². The van der Waals surface area contributed by atoms with Crippen LogP contribution in [0.5, 0.6) is 0 Å². The molecule has 0 N–H and O–H groups in total. The molecule has 0 fully saturated rings. The number of carbonyl (C=O) groups excluding carboxylic acids is 1. The molecular weight excluding hydrogens is 403 g/mol. The predicted octanol–water partition coefficient (Wildman–Crippen LogP) is 5.51. The number of rotatable bonds is 7. The van der Waals surface area contributed by atoms with Crippen molar-refractivity contribution in [2.75, 3.05) is 0 Å². The molecule has 3 aromatic carbocycles. The van der Waals surface area contributed by atoms with Crippen molar-refractivity contribution in [1.29, 1.82) is 0 Å². The molecule has 0 aliphatic rings. The van der Waals surface area contributed by atoms with Gasteiger partial charge in [-0.3, -0.25) is 0 Å². The van der Waals surface area contributed by atoms with Crippen LogP contribution in [0.2, 0.25) is 0 Å². The molecule has 0 spiro atoms. The maximum absolute atomic E-state index is 13.3. The van der Waals surface area contributed by atoms with E-state index in [1.165, 1.54) is 10.6 Å². The van der Waals surface area contributed by atoms with Crippen molar-refractivity contribution in [2.24, 2.45) is 0 Å². The Bertz CT molecular complexity index is 1110. The monoisotopic (exact) mass is 426 g/mol. The van der Waals surface area contributed by atoms with E-state index < -0.39 is 14.0 Å². The summed E-state index contributed by atoms with van der Waals surface area (Å²) in [4.78, 5) is 13.3. The largest absolute Gasteiger partial charge is 0.465 e. The molecule has 0 aliphatic carbocycles. The molecule has 4 heteroatoms. The molecule has 1 heterocycles. The van der Waals surface area contributed by atoms with Gasteiger partial charge in [0.1, 0.15) is 5.76 Å². The van der Waals surface area contributed by atoms with Crippen LogP contribution >= 0.6 is 7.92 Å². The van der Waals surface area contributed by atoms with Gasteiger partial charge in [0.2, 0.25) is 0 Å². The van der Waals surface area contributed by atoms with E-state index >= 15 is 0 Å². The molecule has 4 rings (SSSR count). The third-order valence-corrected chi connectivity index (χ3v) is 7.37. The fourth-order valence-corrected chi connectivity index (χ4v) is 5.87. The fourth-order valence-electron chi connectivity index (χ4n) is 3.44. The molecule has 31 heavy (non-hydrogen) atoms. The van der Waals surface area contributed by atoms with Gasteiger partial charge in [0.25, 0.3) is 0 Å². The second-order valence-corrected chi connectivity index (χ2v) is 9.36. The maximum Gasteiger partial charge on any atom is 0.339 e. The van der Waals surface area contributed by atoms with Crippen LogP contribution in [0.4, 0.5) is 0 Å². The zero-order valence-electron chi connectivity index (χ0n) is 17.3. The minimum absolute atomic E-state index is 0.389. The van der Waals surface area contributed by atoms with Crippen molar-refractivity contribution in [3.05, 3.63) is 127 Å². The highest BCUT2D eigenvalue weighted by Gasteiger charge is 2.26. The molecule has 0 bridgehead atoms. The molecule has 0 amide bonds. The number of hydrogen-bond acceptors (Lipinski definition) is 3. The van der Waals surface area contributed by atoms with Gasteiger partial charge < -0.3 is 9.15 Å². The van der Waals surface area contributed by atoms with Crippen molar-refractivity contribution in [2.45, 2.75) is 13.0 Å². The highest BCUT2D eigenvalue weighted by atomic mass is 31.1. The zero-order chi connectivity index (χ0) is 21.6. The minimum atomic E-state index is -0.931. The van der Waals surface area contributed by atoms with Gasteiger partial charge in [0.15, 0.2) is 6.10 Å². The van der Waals surface area contributed by atoms with E-state index in [-0.39, 0.29) is 5.97 Å². The number of esters is 1. The summed E-state index contributed by atoms with van der Waals surface area (Å²) in [5.41, 5.74) is 1.26. The van der Waals surface area contributed by atoms with Crippen molar-refractivity contribution in [3.8, 4) is 0 Å². The van der Waals surface area contributed by atoms with Crippen molar-refractivity contribution in [3.63, 3.8) is 0 Å². The molecule has 4 aromatic rings. The van der Waals surface area contributed by atoms with Crippen LogP contribution in [0.25, 0.3) is 0 Å². The van der Waals surface area contributed by atoms with Crippen LogP contribution in [0, 0.1) is 0 Å². The molecule has 1 atom stereocenters. The lowest BCUT2D eigenvalue weighted by molar-refractivity contribution is 0.0332. The molecule has 3 nitrogen and oxygen atoms in total. The van der Waals surface area contributed by atoms with Gasteiger partial charge in [0.05, 0.1) is 11.8 Å². The Morgan fingerprint density at radius 2 is 1.42 bits per heavy atom. The molecule has 0 saturated heterocycles. The molecule has 0 saturated carbocycles. The van der Waals surface area contributed by atoms with Crippen LogP contribution in [0.1, 0.15) is 29.1 Å². The highest BCUT2D eigenvalue weighted by molar-refractivity contribution is 7.80. The number of ether oxygens (including phenoxy) is 1. The highest BCUT2D eigenvalue weighted by Crippen LogP contribution is 2.35. The smallest absolute Gasteiger partial charge is 0.339 e. The van der Waals surface area contributed by atoms with Crippen LogP contribution in [-0.2, 0) is 4.74 Å². The lowest BCUT2D eigenvalue weighted by Gasteiger charge is -2.23. The molecule has 1 aromatic heterocycles. The Hall–Kier alpha value is -3.42. The van der Waals surface area contributed by atoms with Crippen LogP contribution in [-0.4, -0.2) is 5.97 Å². The van der Waals surface area contributed by atoms with Crippen molar-refractivity contribution < 1.29 is 13.9 Å². The third kappa shape index (κ3) is 4.68. The fraction of sp³-hybridized carbons (Fsp3) is 0.0741. The molecule has 0 unspecified atom stereocenters. The zero-order valence-corrected chi connectivity index (χ0v) is 18.2. The summed E-state index contributed by atoms with van der Waals surface area (Å²) < 4.78 is 11.4. The predicted molar refractivity (Wildman–Crippen MR) is 127 cm³/mol. The van der Waals surface area contributed by atoms with Gasteiger partial charge >= 0.3 is 5.97 Å². The summed E-state index contributed by atoms with van der Waals surface area (Å²) in [7, 11) is -0.931. The summed E-state index contributed by atoms with van der Waals surface area (Å²) in [6.07, 6.45) is 0.937. The van der Waals surface area contributed by atoms with Gasteiger partial charge in [-0.05, 0) is 54.5 Å². The molecule has 0 radical (unpaired) electrons. The Kier molecular flexibility index (Phi) is 6.45. The normalized spacial score (nSPS) is 11.8. The van der Waals surface area contributed by atoms with Crippen LogP contribution < -0.4 is 15.9 Å². The van der Waals surface area contributed by atoms with Gasteiger partial charge in [-0.15, -0.1) is 0 Å². The Morgan fingerprint density at radius 1 is 0.839 bits per heavy atom. The quantitative estimate of drug-likeness (QED) is 0.222. The second-order valence-electron chi connectivity index (χ2n) is 7.17. The van der Waals surface area contributed by atoms with E-state index in [4.69, 9.17) is 9.15 Å². The van der Waals surface area contributed by atoms with Crippen LogP contribution in [0.3, 0.4) is 0 Å². The summed E-state index contributed by atoms with van der Waals surface area (Å²) in [5.74, 6) is 0.172. The Balaban J connectivity index is 1.76. The topological polar surface area (TPSA) is 39.4 Å². The van der Waals surface area contributed by atoms with Gasteiger partial charge in [-0.25, -0.2) is 4.79 Å². The average Bonchev–Trinajstić information content (AvgIpc) is 3.34. The number of hydrogen-bond donors (Lipinski definition) is 0. The van der Waals surface area contributed by atoms with E-state index in [9.17, 15) is 4.79 Å².